The van der Waals surface area contributed by atoms with E-state index in [9.17, 15) is 19.5 Å². The van der Waals surface area contributed by atoms with Crippen LogP contribution < -0.4 is 16.0 Å². The molecule has 1 saturated heterocycles. The number of anilines is 1. The van der Waals surface area contributed by atoms with Crippen molar-refractivity contribution in [1.29, 1.82) is 0 Å². The zero-order chi connectivity index (χ0) is 44.7. The zero-order valence-electron chi connectivity index (χ0n) is 35.6. The highest BCUT2D eigenvalue weighted by Crippen LogP contribution is 2.40. The number of fused-ring (bicyclic) bond motifs is 4. The van der Waals surface area contributed by atoms with Gasteiger partial charge in [0.15, 0.2) is 12.1 Å². The molecule has 0 spiro atoms. The third-order valence-corrected chi connectivity index (χ3v) is 12.5. The molecule has 4 N–H and O–H groups in total. The fraction of sp³-hybridized carbons (Fsp3) is 0.419. The van der Waals surface area contributed by atoms with Crippen molar-refractivity contribution in [3.05, 3.63) is 104 Å². The number of carbonyl (C=O) groups is 3. The van der Waals surface area contributed by atoms with Crippen molar-refractivity contribution in [1.82, 2.24) is 45.4 Å². The fourth-order valence-corrected chi connectivity index (χ4v) is 9.04. The Hall–Kier alpha value is -5.90. The van der Waals surface area contributed by atoms with Crippen molar-refractivity contribution < 1.29 is 33.7 Å². The van der Waals surface area contributed by atoms with Crippen LogP contribution in [0.5, 0.6) is 0 Å². The summed E-state index contributed by atoms with van der Waals surface area (Å²) < 4.78 is 20.8. The van der Waals surface area contributed by atoms with Crippen molar-refractivity contribution in [3.63, 3.8) is 0 Å². The predicted molar refractivity (Wildman–Crippen MR) is 238 cm³/mol. The van der Waals surface area contributed by atoms with Crippen LogP contribution in [0.1, 0.15) is 81.6 Å². The van der Waals surface area contributed by atoms with E-state index in [2.05, 4.69) is 55.4 Å². The van der Waals surface area contributed by atoms with Crippen LogP contribution >= 0.6 is 22.9 Å². The molecule has 2 unspecified atom stereocenters. The molecule has 21 heteroatoms. The first-order valence-corrected chi connectivity index (χ1v) is 22.2. The monoisotopic (exact) mass is 912 g/mol. The third-order valence-electron chi connectivity index (χ3n) is 11.1. The lowest BCUT2D eigenvalue weighted by Crippen LogP contribution is -2.52. The number of carbonyl (C=O) groups excluding carboxylic acids is 3. The lowest BCUT2D eigenvalue weighted by Gasteiger charge is -2.37. The van der Waals surface area contributed by atoms with Crippen molar-refractivity contribution in [2.75, 3.05) is 51.5 Å². The number of halogens is 1. The summed E-state index contributed by atoms with van der Waals surface area (Å²) in [5.74, 6) is 0.323. The van der Waals surface area contributed by atoms with Gasteiger partial charge in [-0.1, -0.05) is 41.1 Å². The predicted octanol–water partition coefficient (Wildman–Crippen LogP) is 3.71. The van der Waals surface area contributed by atoms with E-state index in [1.54, 1.807) is 28.4 Å². The SMILES string of the molecule is Cc1sc2c(c1C)C(c1ccc(Cl)cc1)=N[C@@H](CC(=O)NCc1cn(CCOCCOCCOCCNc3cccc4c3C(O)N(C3CCC(=O)NC3=O)N=C4)nn1)c1nnc(C)n1-2. The van der Waals surface area contributed by atoms with E-state index >= 15 is 0 Å². The van der Waals surface area contributed by atoms with Gasteiger partial charge in [-0.3, -0.25) is 34.3 Å². The fourth-order valence-electron chi connectivity index (χ4n) is 7.70. The number of aromatic nitrogens is 6. The number of aliphatic hydroxyl groups excluding tert-OH is 1. The second-order valence-corrected chi connectivity index (χ2v) is 17.0. The Bertz CT molecular complexity index is 2560. The van der Waals surface area contributed by atoms with Gasteiger partial charge >= 0.3 is 0 Å². The van der Waals surface area contributed by atoms with Crippen LogP contribution in [0.15, 0.2) is 58.8 Å². The smallest absolute Gasteiger partial charge is 0.251 e. The summed E-state index contributed by atoms with van der Waals surface area (Å²) >= 11 is 7.89. The standard InChI is InChI=1S/C43H49ClN12O7S/c1-25-26(2)64-43-37(25)39(28-7-9-30(44)10-8-28)48-33(40-52-50-27(3)55(40)43)21-36(58)46-23-31-24-54(53-51-31)14-16-62-18-20-63-19-17-61-15-13-45-32-6-4-5-29-22-47-56(42(60)38(29)32)34-11-12-35(57)49-41(34)59/h4-10,22,24,33-34,42,45,60H,11-21,23H2,1-3H3,(H,46,58)(H,49,57,59)/t33-,34?,42?/m0/s1. The van der Waals surface area contributed by atoms with Crippen LogP contribution in [-0.2, 0) is 41.7 Å². The Morgan fingerprint density at radius 1 is 0.984 bits per heavy atom. The third kappa shape index (κ3) is 10.1. The molecule has 336 valence electrons. The number of nitrogens with one attached hydrogen (secondary N) is 3. The maximum atomic E-state index is 13.4. The Labute approximate surface area is 377 Å². The summed E-state index contributed by atoms with van der Waals surface area (Å²) in [4.78, 5) is 43.8. The number of aliphatic imine (C=N–C) groups is 1. The van der Waals surface area contributed by atoms with Gasteiger partial charge in [-0.05, 0) is 51.0 Å². The second kappa shape index (κ2) is 20.3. The zero-order valence-corrected chi connectivity index (χ0v) is 37.2. The van der Waals surface area contributed by atoms with Gasteiger partial charge < -0.3 is 30.0 Å². The first kappa shape index (κ1) is 44.7. The molecule has 0 radical (unpaired) electrons. The van der Waals surface area contributed by atoms with Crippen LogP contribution in [-0.4, -0.2) is 122 Å². The van der Waals surface area contributed by atoms with E-state index in [-0.39, 0.29) is 37.6 Å². The average Bonchev–Trinajstić information content (AvgIpc) is 3.96. The second-order valence-electron chi connectivity index (χ2n) is 15.4. The van der Waals surface area contributed by atoms with Gasteiger partial charge in [-0.2, -0.15) is 5.10 Å². The van der Waals surface area contributed by atoms with Gasteiger partial charge in [0.1, 0.15) is 28.6 Å². The average molecular weight is 913 g/mol. The highest BCUT2D eigenvalue weighted by molar-refractivity contribution is 7.15. The van der Waals surface area contributed by atoms with Gasteiger partial charge in [-0.25, -0.2) is 4.68 Å². The van der Waals surface area contributed by atoms with Gasteiger partial charge in [-0.15, -0.1) is 26.6 Å². The molecule has 6 heterocycles. The Morgan fingerprint density at radius 3 is 2.53 bits per heavy atom. The number of benzene rings is 2. The summed E-state index contributed by atoms with van der Waals surface area (Å²) in [6.07, 6.45) is 2.74. The molecule has 3 aromatic heterocycles. The van der Waals surface area contributed by atoms with Crippen LogP contribution in [0, 0.1) is 20.8 Å². The number of hydrogen-bond acceptors (Lipinski definition) is 16. The first-order chi connectivity index (χ1) is 31.0. The van der Waals surface area contributed by atoms with E-state index in [0.717, 1.165) is 38.8 Å². The topological polar surface area (TPSA) is 225 Å². The maximum absolute atomic E-state index is 13.4. The molecule has 3 amide bonds. The van der Waals surface area contributed by atoms with Gasteiger partial charge in [0, 0.05) is 50.8 Å². The number of hydrazone groups is 1. The number of rotatable bonds is 19. The molecule has 64 heavy (non-hydrogen) atoms. The van der Waals surface area contributed by atoms with E-state index in [1.807, 2.05) is 54.0 Å². The molecule has 0 bridgehead atoms. The number of aryl methyl sites for hydroxylation is 2. The molecular formula is C43H49ClN12O7S. The number of ether oxygens (including phenoxy) is 3. The molecule has 3 atom stereocenters. The molecule has 2 aromatic carbocycles. The molecule has 0 saturated carbocycles. The number of hydrogen-bond donors (Lipinski definition) is 4. The summed E-state index contributed by atoms with van der Waals surface area (Å²) in [5, 5.41) is 44.3. The number of aliphatic hydroxyl groups is 1. The highest BCUT2D eigenvalue weighted by Gasteiger charge is 2.38. The van der Waals surface area contributed by atoms with Crippen molar-refractivity contribution >= 4 is 58.3 Å². The Kier molecular flexibility index (Phi) is 14.2. The number of piperidine rings is 1. The van der Waals surface area contributed by atoms with E-state index < -0.39 is 24.2 Å². The minimum Gasteiger partial charge on any atom is -0.382 e. The number of thiophene rings is 1. The van der Waals surface area contributed by atoms with Crippen molar-refractivity contribution in [3.8, 4) is 5.00 Å². The molecule has 8 rings (SSSR count). The largest absolute Gasteiger partial charge is 0.382 e. The van der Waals surface area contributed by atoms with Crippen LogP contribution in [0.4, 0.5) is 5.69 Å². The summed E-state index contributed by atoms with van der Waals surface area (Å²) in [6, 6.07) is 11.8. The van der Waals surface area contributed by atoms with Crippen LogP contribution in [0.3, 0.4) is 0 Å². The lowest BCUT2D eigenvalue weighted by atomic mass is 9.99. The Balaban J connectivity index is 0.719. The summed E-state index contributed by atoms with van der Waals surface area (Å²) in [7, 11) is 0. The molecule has 0 aliphatic carbocycles. The maximum Gasteiger partial charge on any atom is 0.251 e. The van der Waals surface area contributed by atoms with E-state index in [4.69, 9.17) is 30.8 Å². The van der Waals surface area contributed by atoms with Crippen LogP contribution in [0.2, 0.25) is 5.02 Å². The summed E-state index contributed by atoms with van der Waals surface area (Å²) in [6.45, 7) is 9.59. The number of imide groups is 1. The molecule has 19 nitrogen and oxygen atoms in total. The first-order valence-electron chi connectivity index (χ1n) is 21.0. The highest BCUT2D eigenvalue weighted by atomic mass is 35.5. The van der Waals surface area contributed by atoms with Gasteiger partial charge in [0.05, 0.1) is 77.3 Å². The molecule has 5 aromatic rings. The molecule has 3 aliphatic rings. The van der Waals surface area contributed by atoms with Gasteiger partial charge in [0.25, 0.3) is 5.91 Å². The molecule has 3 aliphatic heterocycles. The van der Waals surface area contributed by atoms with Gasteiger partial charge in [0.2, 0.25) is 11.8 Å². The Morgan fingerprint density at radius 2 is 1.75 bits per heavy atom. The number of amides is 3. The van der Waals surface area contributed by atoms with E-state index in [0.29, 0.717) is 80.5 Å². The molecule has 1 fully saturated rings. The summed E-state index contributed by atoms with van der Waals surface area (Å²) in [5.41, 5.74) is 6.46. The quantitative estimate of drug-likeness (QED) is 0.0686. The molecular weight excluding hydrogens is 864 g/mol. The van der Waals surface area contributed by atoms with Crippen molar-refractivity contribution in [2.45, 2.75) is 71.4 Å². The van der Waals surface area contributed by atoms with E-state index in [1.165, 1.54) is 9.89 Å². The lowest BCUT2D eigenvalue weighted by molar-refractivity contribution is -0.142. The van der Waals surface area contributed by atoms with Crippen LogP contribution in [0.25, 0.3) is 5.00 Å². The minimum absolute atomic E-state index is 0.0591. The van der Waals surface area contributed by atoms with Crippen molar-refractivity contribution in [2.24, 2.45) is 10.1 Å². The normalized spacial score (nSPS) is 17.9. The minimum atomic E-state index is -1.16. The number of nitrogens with zero attached hydrogens (tertiary/aromatic N) is 9.